The van der Waals surface area contributed by atoms with Gasteiger partial charge in [0.15, 0.2) is 22.9 Å². The Morgan fingerprint density at radius 3 is 2.46 bits per heavy atom. The molecule has 0 radical (unpaired) electrons. The van der Waals surface area contributed by atoms with Crippen LogP contribution in [-0.4, -0.2) is 55.7 Å². The van der Waals surface area contributed by atoms with Crippen molar-refractivity contribution in [3.8, 4) is 11.5 Å². The Balaban J connectivity index is 1.82. The maximum atomic E-state index is 13.9. The van der Waals surface area contributed by atoms with E-state index in [0.29, 0.717) is 37.8 Å². The van der Waals surface area contributed by atoms with E-state index < -0.39 is 24.6 Å². The molecule has 2 heterocycles. The van der Waals surface area contributed by atoms with Crippen molar-refractivity contribution < 1.29 is 33.6 Å². The van der Waals surface area contributed by atoms with Crippen molar-refractivity contribution in [1.82, 2.24) is 4.57 Å². The number of carbonyl (C=O) groups excluding carboxylic acids is 1. The summed E-state index contributed by atoms with van der Waals surface area (Å²) in [6, 6.07) is 12.1. The lowest BCUT2D eigenvalue weighted by Gasteiger charge is -2.25. The van der Waals surface area contributed by atoms with Crippen LogP contribution in [0.3, 0.4) is 0 Å². The van der Waals surface area contributed by atoms with E-state index in [9.17, 15) is 14.4 Å². The molecule has 0 bridgehead atoms. The highest BCUT2D eigenvalue weighted by atomic mass is 32.1. The molecule has 2 aromatic carbocycles. The van der Waals surface area contributed by atoms with Crippen LogP contribution in [0.25, 0.3) is 6.08 Å². The van der Waals surface area contributed by atoms with Gasteiger partial charge in [-0.15, -0.1) is 0 Å². The van der Waals surface area contributed by atoms with Gasteiger partial charge < -0.3 is 24.1 Å². The summed E-state index contributed by atoms with van der Waals surface area (Å²) in [5.74, 6) is -0.752. The third kappa shape index (κ3) is 6.58. The highest BCUT2D eigenvalue weighted by molar-refractivity contribution is 7.07. The number of thiazole rings is 1. The van der Waals surface area contributed by atoms with E-state index in [-0.39, 0.29) is 24.5 Å². The van der Waals surface area contributed by atoms with E-state index >= 15 is 0 Å². The summed E-state index contributed by atoms with van der Waals surface area (Å²) < 4.78 is 23.1. The van der Waals surface area contributed by atoms with Gasteiger partial charge in [-0.1, -0.05) is 55.5 Å². The van der Waals surface area contributed by atoms with Crippen molar-refractivity contribution in [2.24, 2.45) is 4.99 Å². The monoisotopic (exact) mass is 580 g/mol. The number of benzene rings is 2. The first-order chi connectivity index (χ1) is 19.6. The zero-order chi connectivity index (χ0) is 29.7. The minimum Gasteiger partial charge on any atom is -0.493 e. The summed E-state index contributed by atoms with van der Waals surface area (Å²) in [6.45, 7) is 5.74. The Hall–Kier alpha value is -4.22. The van der Waals surface area contributed by atoms with Gasteiger partial charge in [-0.2, -0.15) is 0 Å². The molecule has 0 saturated carbocycles. The Morgan fingerprint density at radius 1 is 1.10 bits per heavy atom. The van der Waals surface area contributed by atoms with Gasteiger partial charge in [0.05, 0.1) is 35.6 Å². The van der Waals surface area contributed by atoms with Crippen LogP contribution in [-0.2, 0) is 19.1 Å². The van der Waals surface area contributed by atoms with Gasteiger partial charge in [-0.3, -0.25) is 9.36 Å². The molecule has 0 aliphatic carbocycles. The smallest absolute Gasteiger partial charge is 0.341 e. The van der Waals surface area contributed by atoms with Gasteiger partial charge in [0, 0.05) is 7.11 Å². The van der Waals surface area contributed by atoms with Crippen molar-refractivity contribution in [3.63, 3.8) is 0 Å². The number of methoxy groups -OCH3 is 2. The fraction of sp³-hybridized carbons (Fsp3) is 0.333. The molecule has 1 atom stereocenters. The van der Waals surface area contributed by atoms with Crippen molar-refractivity contribution >= 4 is 29.4 Å². The normalized spacial score (nSPS) is 15.0. The molecule has 1 unspecified atom stereocenters. The van der Waals surface area contributed by atoms with Crippen LogP contribution in [0.15, 0.2) is 63.5 Å². The first-order valence-electron chi connectivity index (χ1n) is 13.0. The highest BCUT2D eigenvalue weighted by Crippen LogP contribution is 2.32. The van der Waals surface area contributed by atoms with Crippen molar-refractivity contribution in [1.29, 1.82) is 0 Å². The van der Waals surface area contributed by atoms with E-state index in [0.717, 1.165) is 11.1 Å². The average molecular weight is 581 g/mol. The summed E-state index contributed by atoms with van der Waals surface area (Å²) in [6.07, 6.45) is 1.70. The van der Waals surface area contributed by atoms with Crippen molar-refractivity contribution in [3.05, 3.63) is 90.1 Å². The molecule has 0 fully saturated rings. The van der Waals surface area contributed by atoms with Crippen LogP contribution in [0.4, 0.5) is 0 Å². The SMILES string of the molecule is COCCOC(=O)C1=C(C)N=c2sc(=Cc3ccc(OCC(=O)O)c(OC)c3)c(=O)n2C1c1ccc(C(C)C)cc1. The molecule has 11 heteroatoms. The maximum absolute atomic E-state index is 13.9. The lowest BCUT2D eigenvalue weighted by molar-refractivity contribution is -0.141. The minimum absolute atomic E-state index is 0.0730. The van der Waals surface area contributed by atoms with Crippen LogP contribution in [0.2, 0.25) is 0 Å². The molecule has 1 aliphatic rings. The largest absolute Gasteiger partial charge is 0.493 e. The molecule has 1 N–H and O–H groups in total. The third-order valence-electron chi connectivity index (χ3n) is 6.52. The zero-order valence-corrected chi connectivity index (χ0v) is 24.3. The maximum Gasteiger partial charge on any atom is 0.341 e. The molecular formula is C30H32N2O8S. The third-order valence-corrected chi connectivity index (χ3v) is 7.50. The van der Waals surface area contributed by atoms with E-state index in [1.165, 1.54) is 30.1 Å². The Labute approximate surface area is 240 Å². The quantitative estimate of drug-likeness (QED) is 0.271. The fourth-order valence-electron chi connectivity index (χ4n) is 4.44. The number of rotatable bonds is 11. The van der Waals surface area contributed by atoms with E-state index in [1.807, 2.05) is 24.3 Å². The molecule has 216 valence electrons. The number of hydrogen-bond donors (Lipinski definition) is 1. The Kier molecular flexibility index (Phi) is 9.41. The van der Waals surface area contributed by atoms with Crippen LogP contribution in [0, 0.1) is 0 Å². The van der Waals surface area contributed by atoms with E-state index in [2.05, 4.69) is 18.8 Å². The van der Waals surface area contributed by atoms with Gasteiger partial charge in [-0.05, 0) is 47.7 Å². The molecular weight excluding hydrogens is 548 g/mol. The molecule has 3 aromatic rings. The number of allylic oxidation sites excluding steroid dienone is 1. The molecule has 41 heavy (non-hydrogen) atoms. The number of nitrogens with zero attached hydrogens (tertiary/aromatic N) is 2. The van der Waals surface area contributed by atoms with Crippen molar-refractivity contribution in [2.75, 3.05) is 34.0 Å². The van der Waals surface area contributed by atoms with Gasteiger partial charge in [0.1, 0.15) is 6.61 Å². The number of carbonyl (C=O) groups is 2. The summed E-state index contributed by atoms with van der Waals surface area (Å²) in [4.78, 5) is 43.1. The number of carboxylic acid groups (broad SMARTS) is 1. The fourth-order valence-corrected chi connectivity index (χ4v) is 5.49. The number of fused-ring (bicyclic) bond motifs is 1. The molecule has 0 amide bonds. The summed E-state index contributed by atoms with van der Waals surface area (Å²) in [7, 11) is 2.97. The van der Waals surface area contributed by atoms with Crippen LogP contribution < -0.4 is 24.4 Å². The van der Waals surface area contributed by atoms with Crippen LogP contribution >= 0.6 is 11.3 Å². The van der Waals surface area contributed by atoms with E-state index in [4.69, 9.17) is 24.1 Å². The number of carboxylic acids is 1. The summed E-state index contributed by atoms with van der Waals surface area (Å²) in [5.41, 5.74) is 2.99. The highest BCUT2D eigenvalue weighted by Gasteiger charge is 2.33. The minimum atomic E-state index is -1.11. The second kappa shape index (κ2) is 13.0. The first kappa shape index (κ1) is 29.8. The number of aromatic nitrogens is 1. The standard InChI is InChI=1S/C30H32N2O8S/c1-17(2)20-7-9-21(10-8-20)27-26(29(36)39-13-12-37-4)18(3)31-30-32(27)28(35)24(41-30)15-19-6-11-22(23(14-19)38-5)40-16-25(33)34/h6-11,14-15,17,27H,12-13,16H2,1-5H3,(H,33,34). The van der Waals surface area contributed by atoms with Crippen molar-refractivity contribution in [2.45, 2.75) is 32.7 Å². The second-order valence-corrected chi connectivity index (χ2v) is 10.6. The molecule has 0 spiro atoms. The molecule has 1 aliphatic heterocycles. The van der Waals surface area contributed by atoms with Gasteiger partial charge >= 0.3 is 11.9 Å². The van der Waals surface area contributed by atoms with Gasteiger partial charge in [0.2, 0.25) is 0 Å². The second-order valence-electron chi connectivity index (χ2n) is 9.62. The number of ether oxygens (including phenoxy) is 4. The summed E-state index contributed by atoms with van der Waals surface area (Å²) >= 11 is 1.21. The lowest BCUT2D eigenvalue weighted by atomic mass is 9.93. The molecule has 0 saturated heterocycles. The lowest BCUT2D eigenvalue weighted by Crippen LogP contribution is -2.40. The molecule has 4 rings (SSSR count). The number of aliphatic carboxylic acids is 1. The predicted molar refractivity (Wildman–Crippen MR) is 153 cm³/mol. The Bertz CT molecular complexity index is 1650. The van der Waals surface area contributed by atoms with E-state index in [1.54, 1.807) is 31.2 Å². The topological polar surface area (TPSA) is 126 Å². The summed E-state index contributed by atoms with van der Waals surface area (Å²) in [5, 5.41) is 8.91. The van der Waals surface area contributed by atoms with Crippen LogP contribution in [0.5, 0.6) is 11.5 Å². The molecule has 1 aromatic heterocycles. The molecule has 10 nitrogen and oxygen atoms in total. The number of esters is 1. The van der Waals surface area contributed by atoms with Crippen LogP contribution in [0.1, 0.15) is 49.4 Å². The predicted octanol–water partition coefficient (Wildman–Crippen LogP) is 3.02. The van der Waals surface area contributed by atoms with Gasteiger partial charge in [-0.25, -0.2) is 14.6 Å². The average Bonchev–Trinajstić information content (AvgIpc) is 3.25. The number of hydrogen-bond acceptors (Lipinski definition) is 9. The zero-order valence-electron chi connectivity index (χ0n) is 23.5. The Morgan fingerprint density at radius 2 is 1.83 bits per heavy atom. The van der Waals surface area contributed by atoms with Gasteiger partial charge in [0.25, 0.3) is 5.56 Å². The first-order valence-corrected chi connectivity index (χ1v) is 13.8.